The molecule has 0 aliphatic carbocycles. The Labute approximate surface area is 102 Å². The molecule has 0 radical (unpaired) electrons. The quantitative estimate of drug-likeness (QED) is 0.741. The van der Waals surface area contributed by atoms with Crippen LogP contribution in [0.4, 0.5) is 0 Å². The van der Waals surface area contributed by atoms with E-state index in [2.05, 4.69) is 20.8 Å². The molecule has 1 rings (SSSR count). The third-order valence-corrected chi connectivity index (χ3v) is 3.16. The SMILES string of the molecule is COc1c(C(C)CCCC(C)(C)C)c(=O)c1=O. The van der Waals surface area contributed by atoms with Crippen molar-refractivity contribution in [3.8, 4) is 5.75 Å². The van der Waals surface area contributed by atoms with Crippen molar-refractivity contribution < 1.29 is 4.74 Å². The predicted molar refractivity (Wildman–Crippen MR) is 69.6 cm³/mol. The van der Waals surface area contributed by atoms with Crippen LogP contribution in [0.25, 0.3) is 0 Å². The van der Waals surface area contributed by atoms with Crippen LogP contribution in [0.15, 0.2) is 9.59 Å². The van der Waals surface area contributed by atoms with Crippen molar-refractivity contribution in [1.82, 2.24) is 0 Å². The first-order valence-electron chi connectivity index (χ1n) is 6.15. The van der Waals surface area contributed by atoms with E-state index in [-0.39, 0.29) is 17.1 Å². The van der Waals surface area contributed by atoms with Crippen LogP contribution in [-0.2, 0) is 0 Å². The van der Waals surface area contributed by atoms with Crippen molar-refractivity contribution in [2.75, 3.05) is 7.11 Å². The number of hydrogen-bond acceptors (Lipinski definition) is 3. The van der Waals surface area contributed by atoms with E-state index in [0.29, 0.717) is 11.0 Å². The van der Waals surface area contributed by atoms with E-state index in [1.165, 1.54) is 7.11 Å². The van der Waals surface area contributed by atoms with Gasteiger partial charge in [-0.15, -0.1) is 0 Å². The fourth-order valence-corrected chi connectivity index (χ4v) is 2.12. The van der Waals surface area contributed by atoms with Crippen LogP contribution in [0.5, 0.6) is 5.75 Å². The first-order chi connectivity index (χ1) is 7.78. The molecule has 1 aromatic rings. The summed E-state index contributed by atoms with van der Waals surface area (Å²) in [6.07, 6.45) is 3.11. The molecule has 1 unspecified atom stereocenters. The molecular weight excluding hydrogens is 216 g/mol. The topological polar surface area (TPSA) is 43.4 Å². The Morgan fingerprint density at radius 2 is 1.76 bits per heavy atom. The minimum Gasteiger partial charge on any atom is -0.492 e. The second kappa shape index (κ2) is 5.03. The maximum atomic E-state index is 11.4. The lowest BCUT2D eigenvalue weighted by molar-refractivity contribution is 0.350. The van der Waals surface area contributed by atoms with Crippen LogP contribution in [0.3, 0.4) is 0 Å². The van der Waals surface area contributed by atoms with Crippen molar-refractivity contribution in [1.29, 1.82) is 0 Å². The summed E-state index contributed by atoms with van der Waals surface area (Å²) in [4.78, 5) is 22.7. The van der Waals surface area contributed by atoms with Gasteiger partial charge in [0.15, 0.2) is 5.75 Å². The Bertz CT molecular complexity index is 445. The van der Waals surface area contributed by atoms with Gasteiger partial charge in [0.25, 0.3) is 5.43 Å². The van der Waals surface area contributed by atoms with E-state index >= 15 is 0 Å². The largest absolute Gasteiger partial charge is 0.492 e. The third kappa shape index (κ3) is 3.18. The molecule has 0 amide bonds. The van der Waals surface area contributed by atoms with E-state index in [9.17, 15) is 9.59 Å². The zero-order chi connectivity index (χ0) is 13.2. The normalized spacial score (nSPS) is 13.9. The fourth-order valence-electron chi connectivity index (χ4n) is 2.12. The maximum absolute atomic E-state index is 11.4. The van der Waals surface area contributed by atoms with E-state index in [1.54, 1.807) is 0 Å². The highest BCUT2D eigenvalue weighted by molar-refractivity contribution is 5.41. The van der Waals surface area contributed by atoms with Gasteiger partial charge in [0.1, 0.15) is 0 Å². The molecule has 96 valence electrons. The van der Waals surface area contributed by atoms with E-state index in [4.69, 9.17) is 4.74 Å². The summed E-state index contributed by atoms with van der Waals surface area (Å²) in [6.45, 7) is 8.60. The molecule has 0 bridgehead atoms. The van der Waals surface area contributed by atoms with Gasteiger partial charge in [0.2, 0.25) is 5.43 Å². The molecule has 3 nitrogen and oxygen atoms in total. The lowest BCUT2D eigenvalue weighted by Gasteiger charge is -2.20. The Balaban J connectivity index is 2.60. The second-order valence-electron chi connectivity index (χ2n) is 5.96. The second-order valence-corrected chi connectivity index (χ2v) is 5.96. The van der Waals surface area contributed by atoms with Crippen LogP contribution in [0.1, 0.15) is 58.4 Å². The summed E-state index contributed by atoms with van der Waals surface area (Å²) in [5, 5.41) is 0. The average Bonchev–Trinajstić information content (AvgIpc) is 2.22. The first kappa shape index (κ1) is 13.9. The van der Waals surface area contributed by atoms with Crippen LogP contribution >= 0.6 is 0 Å². The molecule has 0 heterocycles. The summed E-state index contributed by atoms with van der Waals surface area (Å²) in [6, 6.07) is 0. The first-order valence-corrected chi connectivity index (χ1v) is 6.15. The summed E-state index contributed by atoms with van der Waals surface area (Å²) in [7, 11) is 1.45. The highest BCUT2D eigenvalue weighted by atomic mass is 16.5. The molecule has 0 saturated heterocycles. The Morgan fingerprint density at radius 1 is 1.18 bits per heavy atom. The fraction of sp³-hybridized carbons (Fsp3) is 0.714. The molecule has 1 aromatic carbocycles. The predicted octanol–water partition coefficient (Wildman–Crippen LogP) is 2.61. The average molecular weight is 238 g/mol. The van der Waals surface area contributed by atoms with E-state index < -0.39 is 5.43 Å². The van der Waals surface area contributed by atoms with Gasteiger partial charge in [0, 0.05) is 0 Å². The van der Waals surface area contributed by atoms with Crippen LogP contribution in [0.2, 0.25) is 0 Å². The molecule has 0 fully saturated rings. The van der Waals surface area contributed by atoms with Gasteiger partial charge >= 0.3 is 0 Å². The molecular formula is C14H22O3. The molecule has 1 atom stereocenters. The van der Waals surface area contributed by atoms with Gasteiger partial charge in [-0.2, -0.15) is 0 Å². The Kier molecular flexibility index (Phi) is 4.12. The van der Waals surface area contributed by atoms with Gasteiger partial charge in [-0.1, -0.05) is 34.1 Å². The third-order valence-electron chi connectivity index (χ3n) is 3.16. The number of rotatable bonds is 5. The van der Waals surface area contributed by atoms with Gasteiger partial charge in [-0.25, -0.2) is 0 Å². The molecule has 0 aromatic heterocycles. The maximum Gasteiger partial charge on any atom is 0.268 e. The minimum atomic E-state index is -0.467. The Hall–Kier alpha value is -1.12. The molecule has 17 heavy (non-hydrogen) atoms. The van der Waals surface area contributed by atoms with Gasteiger partial charge in [-0.3, -0.25) is 9.59 Å². The summed E-state index contributed by atoms with van der Waals surface area (Å²) < 4.78 is 4.96. The van der Waals surface area contributed by atoms with Crippen LogP contribution < -0.4 is 15.6 Å². The number of ether oxygens (including phenoxy) is 1. The smallest absolute Gasteiger partial charge is 0.268 e. The van der Waals surface area contributed by atoms with Crippen molar-refractivity contribution in [2.24, 2.45) is 5.41 Å². The molecule has 3 heteroatoms. The van der Waals surface area contributed by atoms with Crippen LogP contribution in [-0.4, -0.2) is 7.11 Å². The summed E-state index contributed by atoms with van der Waals surface area (Å²) >= 11 is 0. The zero-order valence-corrected chi connectivity index (χ0v) is 11.4. The van der Waals surface area contributed by atoms with Crippen molar-refractivity contribution in [3.05, 3.63) is 26.0 Å². The summed E-state index contributed by atoms with van der Waals surface area (Å²) in [5.41, 5.74) is 0.0825. The standard InChI is InChI=1S/C14H22O3/c1-9(7-6-8-14(2,3)4)10-11(15)12(16)13(10)17-5/h9H,6-8H2,1-5H3. The summed E-state index contributed by atoms with van der Waals surface area (Å²) in [5.74, 6) is 0.399. The van der Waals surface area contributed by atoms with Gasteiger partial charge in [0.05, 0.1) is 12.7 Å². The van der Waals surface area contributed by atoms with Crippen molar-refractivity contribution in [3.63, 3.8) is 0 Å². The van der Waals surface area contributed by atoms with Crippen molar-refractivity contribution >= 4 is 0 Å². The minimum absolute atomic E-state index is 0.123. The highest BCUT2D eigenvalue weighted by Gasteiger charge is 2.26. The number of methoxy groups -OCH3 is 1. The van der Waals surface area contributed by atoms with Gasteiger partial charge in [-0.05, 0) is 24.2 Å². The molecule has 0 aliphatic rings. The van der Waals surface area contributed by atoms with Crippen LogP contribution in [0, 0.1) is 5.41 Å². The van der Waals surface area contributed by atoms with Gasteiger partial charge < -0.3 is 4.74 Å². The molecule has 0 spiro atoms. The van der Waals surface area contributed by atoms with Crippen molar-refractivity contribution in [2.45, 2.75) is 52.9 Å². The highest BCUT2D eigenvalue weighted by Crippen LogP contribution is 2.29. The molecule has 0 N–H and O–H groups in total. The molecule has 0 saturated carbocycles. The number of hydrogen-bond donors (Lipinski definition) is 0. The van der Waals surface area contributed by atoms with E-state index in [0.717, 1.165) is 19.3 Å². The molecule has 0 aliphatic heterocycles. The van der Waals surface area contributed by atoms with E-state index in [1.807, 2.05) is 6.92 Å². The monoisotopic (exact) mass is 238 g/mol. The lowest BCUT2D eigenvalue weighted by Crippen LogP contribution is -2.37. The Morgan fingerprint density at radius 3 is 2.24 bits per heavy atom. The zero-order valence-electron chi connectivity index (χ0n) is 11.4. The lowest BCUT2D eigenvalue weighted by atomic mass is 9.85.